The predicted molar refractivity (Wildman–Crippen MR) is 96.7 cm³/mol. The minimum Gasteiger partial charge on any atom is -0.335 e. The number of nitrogens with one attached hydrogen (secondary N) is 1. The molecule has 1 aromatic carbocycles. The van der Waals surface area contributed by atoms with E-state index in [1.807, 2.05) is 17.3 Å². The van der Waals surface area contributed by atoms with Crippen molar-refractivity contribution in [3.8, 4) is 0 Å². The van der Waals surface area contributed by atoms with Gasteiger partial charge in [-0.05, 0) is 47.9 Å². The molecule has 1 aliphatic heterocycles. The van der Waals surface area contributed by atoms with E-state index < -0.39 is 0 Å². The SMILES string of the molecule is O=C1NCC(c2cc3ccccc3s2)N1c1cnccc1C1CC1. The number of rotatable bonds is 3. The number of carbonyl (C=O) groups excluding carboxylic acids is 1. The molecule has 2 aliphatic rings. The van der Waals surface area contributed by atoms with Crippen LogP contribution in [0.15, 0.2) is 48.8 Å². The van der Waals surface area contributed by atoms with Gasteiger partial charge in [0.05, 0.1) is 17.9 Å². The molecule has 1 atom stereocenters. The summed E-state index contributed by atoms with van der Waals surface area (Å²) >= 11 is 1.77. The lowest BCUT2D eigenvalue weighted by atomic mass is 10.1. The van der Waals surface area contributed by atoms with Crippen LogP contribution in [-0.2, 0) is 0 Å². The third kappa shape index (κ3) is 2.19. The highest BCUT2D eigenvalue weighted by molar-refractivity contribution is 7.19. The molecule has 2 fully saturated rings. The molecule has 5 rings (SSSR count). The number of pyridine rings is 1. The molecule has 5 heteroatoms. The summed E-state index contributed by atoms with van der Waals surface area (Å²) < 4.78 is 1.26. The van der Waals surface area contributed by atoms with Crippen molar-refractivity contribution in [3.63, 3.8) is 0 Å². The predicted octanol–water partition coefficient (Wildman–Crippen LogP) is 4.44. The monoisotopic (exact) mass is 335 g/mol. The van der Waals surface area contributed by atoms with Gasteiger partial charge in [0.15, 0.2) is 0 Å². The normalized spacial score (nSPS) is 20.6. The third-order valence-electron chi connectivity index (χ3n) is 4.86. The molecular weight excluding hydrogens is 318 g/mol. The van der Waals surface area contributed by atoms with Gasteiger partial charge >= 0.3 is 6.03 Å². The lowest BCUT2D eigenvalue weighted by molar-refractivity contribution is 0.251. The number of carbonyl (C=O) groups is 1. The number of hydrogen-bond acceptors (Lipinski definition) is 3. The van der Waals surface area contributed by atoms with Gasteiger partial charge in [0.1, 0.15) is 0 Å². The van der Waals surface area contributed by atoms with Crippen LogP contribution in [0.1, 0.15) is 35.2 Å². The van der Waals surface area contributed by atoms with E-state index in [0.717, 1.165) is 5.69 Å². The van der Waals surface area contributed by atoms with Crippen LogP contribution in [0.5, 0.6) is 0 Å². The number of fused-ring (bicyclic) bond motifs is 1. The quantitative estimate of drug-likeness (QED) is 0.769. The van der Waals surface area contributed by atoms with Crippen molar-refractivity contribution in [1.29, 1.82) is 0 Å². The molecular formula is C19H17N3OS. The Kier molecular flexibility index (Phi) is 3.10. The molecule has 3 heterocycles. The van der Waals surface area contributed by atoms with Crippen molar-refractivity contribution < 1.29 is 4.79 Å². The first-order chi connectivity index (χ1) is 11.8. The van der Waals surface area contributed by atoms with Gasteiger partial charge < -0.3 is 5.32 Å². The first-order valence-electron chi connectivity index (χ1n) is 8.31. The second-order valence-corrected chi connectivity index (χ2v) is 7.58. The summed E-state index contributed by atoms with van der Waals surface area (Å²) in [7, 11) is 0. The highest BCUT2D eigenvalue weighted by Gasteiger charge is 2.37. The number of amides is 2. The van der Waals surface area contributed by atoms with Crippen LogP contribution in [-0.4, -0.2) is 17.6 Å². The lowest BCUT2D eigenvalue weighted by Gasteiger charge is -2.24. The van der Waals surface area contributed by atoms with Crippen LogP contribution in [0.2, 0.25) is 0 Å². The Hall–Kier alpha value is -2.40. The second-order valence-electron chi connectivity index (χ2n) is 6.47. The molecule has 4 nitrogen and oxygen atoms in total. The van der Waals surface area contributed by atoms with E-state index >= 15 is 0 Å². The number of anilines is 1. The maximum absolute atomic E-state index is 12.6. The molecule has 1 aliphatic carbocycles. The molecule has 2 amide bonds. The standard InChI is InChI=1S/C19H17N3OS/c23-19-21-11-16(18-9-13-3-1-2-4-17(13)24-18)22(19)15-10-20-8-7-14(15)12-5-6-12/h1-4,7-10,12,16H,5-6,11H2,(H,21,23). The smallest absolute Gasteiger partial charge is 0.322 e. The van der Waals surface area contributed by atoms with Gasteiger partial charge in [-0.3, -0.25) is 9.88 Å². The number of aromatic nitrogens is 1. The molecule has 0 radical (unpaired) electrons. The minimum absolute atomic E-state index is 0.0210. The van der Waals surface area contributed by atoms with E-state index in [4.69, 9.17) is 0 Å². The van der Waals surface area contributed by atoms with Crippen LogP contribution in [0, 0.1) is 0 Å². The zero-order valence-corrected chi connectivity index (χ0v) is 13.9. The third-order valence-corrected chi connectivity index (χ3v) is 6.08. The van der Waals surface area contributed by atoms with Crippen molar-refractivity contribution >= 4 is 33.1 Å². The molecule has 1 unspecified atom stereocenters. The molecule has 1 N–H and O–H groups in total. The summed E-state index contributed by atoms with van der Waals surface area (Å²) in [4.78, 5) is 20.0. The summed E-state index contributed by atoms with van der Waals surface area (Å²) in [6.45, 7) is 0.644. The average molecular weight is 335 g/mol. The fraction of sp³-hybridized carbons (Fsp3) is 0.263. The van der Waals surface area contributed by atoms with Crippen molar-refractivity contribution in [2.24, 2.45) is 0 Å². The summed E-state index contributed by atoms with van der Waals surface area (Å²) in [5.74, 6) is 0.583. The van der Waals surface area contributed by atoms with E-state index in [0.29, 0.717) is 12.5 Å². The van der Waals surface area contributed by atoms with E-state index in [9.17, 15) is 4.79 Å². The van der Waals surface area contributed by atoms with Crippen molar-refractivity contribution in [2.45, 2.75) is 24.8 Å². The van der Waals surface area contributed by atoms with Gasteiger partial charge in [-0.25, -0.2) is 4.79 Å². The van der Waals surface area contributed by atoms with E-state index in [1.165, 1.54) is 33.4 Å². The Bertz CT molecular complexity index is 898. The number of thiophene rings is 1. The fourth-order valence-electron chi connectivity index (χ4n) is 3.51. The van der Waals surface area contributed by atoms with Gasteiger partial charge in [0.25, 0.3) is 0 Å². The molecule has 3 aromatic rings. The van der Waals surface area contributed by atoms with Gasteiger partial charge in [-0.15, -0.1) is 11.3 Å². The van der Waals surface area contributed by atoms with E-state index in [1.54, 1.807) is 11.3 Å². The number of nitrogens with zero attached hydrogens (tertiary/aromatic N) is 2. The summed E-state index contributed by atoms with van der Waals surface area (Å²) in [6.07, 6.45) is 6.10. The first kappa shape index (κ1) is 14.0. The summed E-state index contributed by atoms with van der Waals surface area (Å²) in [6, 6.07) is 12.7. The van der Waals surface area contributed by atoms with Crippen molar-refractivity contribution in [3.05, 3.63) is 59.2 Å². The fourth-order valence-corrected chi connectivity index (χ4v) is 4.67. The Labute approximate surface area is 144 Å². The molecule has 1 saturated carbocycles. The Balaban J connectivity index is 1.60. The van der Waals surface area contributed by atoms with Gasteiger partial charge in [0.2, 0.25) is 0 Å². The van der Waals surface area contributed by atoms with Gasteiger partial charge in [0, 0.05) is 22.3 Å². The minimum atomic E-state index is -0.0210. The molecule has 0 spiro atoms. The van der Waals surface area contributed by atoms with E-state index in [2.05, 4.69) is 46.7 Å². The van der Waals surface area contributed by atoms with E-state index in [-0.39, 0.29) is 12.1 Å². The lowest BCUT2D eigenvalue weighted by Crippen LogP contribution is -2.30. The molecule has 24 heavy (non-hydrogen) atoms. The summed E-state index contributed by atoms with van der Waals surface area (Å²) in [5.41, 5.74) is 2.23. The van der Waals surface area contributed by atoms with Crippen molar-refractivity contribution in [2.75, 3.05) is 11.4 Å². The highest BCUT2D eigenvalue weighted by atomic mass is 32.1. The van der Waals surface area contributed by atoms with Crippen LogP contribution in [0.25, 0.3) is 10.1 Å². The topological polar surface area (TPSA) is 45.2 Å². The van der Waals surface area contributed by atoms with Crippen LogP contribution in [0.4, 0.5) is 10.5 Å². The summed E-state index contributed by atoms with van der Waals surface area (Å²) in [5, 5.41) is 4.25. The van der Waals surface area contributed by atoms with Crippen LogP contribution in [0.3, 0.4) is 0 Å². The number of hydrogen-bond donors (Lipinski definition) is 1. The number of urea groups is 1. The Morgan fingerprint density at radius 1 is 1.21 bits per heavy atom. The second kappa shape index (κ2) is 5.31. The van der Waals surface area contributed by atoms with Gasteiger partial charge in [-0.1, -0.05) is 18.2 Å². The number of benzene rings is 1. The van der Waals surface area contributed by atoms with Gasteiger partial charge in [-0.2, -0.15) is 0 Å². The Morgan fingerprint density at radius 2 is 2.08 bits per heavy atom. The average Bonchev–Trinajstić information content (AvgIpc) is 3.25. The molecule has 120 valence electrons. The van der Waals surface area contributed by atoms with Crippen molar-refractivity contribution in [1.82, 2.24) is 10.3 Å². The maximum atomic E-state index is 12.6. The first-order valence-corrected chi connectivity index (χ1v) is 9.12. The largest absolute Gasteiger partial charge is 0.335 e. The van der Waals surface area contributed by atoms with Crippen LogP contribution >= 0.6 is 11.3 Å². The zero-order chi connectivity index (χ0) is 16.1. The molecule has 2 aromatic heterocycles. The maximum Gasteiger partial charge on any atom is 0.322 e. The highest BCUT2D eigenvalue weighted by Crippen LogP contribution is 2.46. The Morgan fingerprint density at radius 3 is 2.92 bits per heavy atom. The molecule has 1 saturated heterocycles. The zero-order valence-electron chi connectivity index (χ0n) is 13.1. The van der Waals surface area contributed by atoms with Crippen LogP contribution < -0.4 is 10.2 Å². The molecule has 0 bridgehead atoms.